The Morgan fingerprint density at radius 3 is 2.22 bits per heavy atom. The third-order valence-electron chi connectivity index (χ3n) is 11.1. The van der Waals surface area contributed by atoms with Gasteiger partial charge >= 0.3 is 5.97 Å². The summed E-state index contributed by atoms with van der Waals surface area (Å²) in [6.07, 6.45) is 8.62. The fourth-order valence-corrected chi connectivity index (χ4v) is 12.9. The smallest absolute Gasteiger partial charge is 0.311 e. The lowest BCUT2D eigenvalue weighted by molar-refractivity contribution is -0.358. The quantitative estimate of drug-likeness (QED) is 0.112. The first kappa shape index (κ1) is 38.1. The molecule has 0 aromatic heterocycles. The van der Waals surface area contributed by atoms with Gasteiger partial charge in [-0.25, -0.2) is 0 Å². The van der Waals surface area contributed by atoms with Crippen molar-refractivity contribution in [1.82, 2.24) is 0 Å². The maximum atomic E-state index is 13.4. The SMILES string of the molecule is C[C@@H]1C[C@H]2O[C@H](CO[Si](c3ccccc3)(c3ccccc3)C(C)(C)C)C[C@H]2O[C@@]12CC[C@@]1(O[C@H](/C=C/CCCOC(=O)C(C)(C)C)CCC1=O)O2. The summed E-state index contributed by atoms with van der Waals surface area (Å²) in [5, 5.41) is 2.38. The van der Waals surface area contributed by atoms with Crippen molar-refractivity contribution in [3.05, 3.63) is 72.8 Å². The number of ketones is 1. The number of fused-ring (bicyclic) bond motifs is 1. The van der Waals surface area contributed by atoms with Crippen LogP contribution in [0.3, 0.4) is 0 Å². The van der Waals surface area contributed by atoms with Crippen LogP contribution in [0.4, 0.5) is 0 Å². The zero-order valence-electron chi connectivity index (χ0n) is 31.7. The molecule has 4 aliphatic heterocycles. The van der Waals surface area contributed by atoms with Gasteiger partial charge in [0.15, 0.2) is 11.6 Å². The summed E-state index contributed by atoms with van der Waals surface area (Å²) in [7, 11) is -2.71. The van der Waals surface area contributed by atoms with Crippen molar-refractivity contribution in [3.63, 3.8) is 0 Å². The van der Waals surface area contributed by atoms with Gasteiger partial charge in [-0.2, -0.15) is 0 Å². The second-order valence-corrected chi connectivity index (χ2v) is 21.3. The lowest BCUT2D eigenvalue weighted by atomic mass is 9.86. The molecule has 4 fully saturated rings. The lowest BCUT2D eigenvalue weighted by Gasteiger charge is -2.45. The number of hydrogen-bond donors (Lipinski definition) is 0. The molecule has 8 nitrogen and oxygen atoms in total. The van der Waals surface area contributed by atoms with Gasteiger partial charge in [0, 0.05) is 31.6 Å². The molecule has 4 saturated heterocycles. The summed E-state index contributed by atoms with van der Waals surface area (Å²) in [4.78, 5) is 25.4. The van der Waals surface area contributed by atoms with E-state index in [4.69, 9.17) is 28.1 Å². The van der Waals surface area contributed by atoms with E-state index in [-0.39, 0.29) is 47.1 Å². The second kappa shape index (κ2) is 15.0. The molecule has 9 heteroatoms. The number of esters is 1. The first-order valence-electron chi connectivity index (χ1n) is 19.0. The van der Waals surface area contributed by atoms with Gasteiger partial charge in [-0.15, -0.1) is 0 Å². The van der Waals surface area contributed by atoms with Gasteiger partial charge in [-0.1, -0.05) is 101 Å². The molecule has 51 heavy (non-hydrogen) atoms. The average Bonchev–Trinajstić information content (AvgIpc) is 3.66. The Morgan fingerprint density at radius 2 is 1.59 bits per heavy atom. The van der Waals surface area contributed by atoms with Gasteiger partial charge in [0.25, 0.3) is 8.32 Å². The number of hydrogen-bond acceptors (Lipinski definition) is 8. The molecule has 0 saturated carbocycles. The zero-order chi connectivity index (χ0) is 36.5. The van der Waals surface area contributed by atoms with E-state index in [0.717, 1.165) is 19.3 Å². The maximum absolute atomic E-state index is 13.4. The molecule has 0 amide bonds. The highest BCUT2D eigenvalue weighted by Gasteiger charge is 2.63. The van der Waals surface area contributed by atoms with Crippen molar-refractivity contribution in [1.29, 1.82) is 0 Å². The number of Topliss-reactive ketones (excluding diaryl/α,β-unsaturated/α-hetero) is 1. The largest absolute Gasteiger partial charge is 0.465 e. The highest BCUT2D eigenvalue weighted by Crippen LogP contribution is 2.53. The number of carbonyl (C=O) groups excluding carboxylic acids is 2. The fourth-order valence-electron chi connectivity index (χ4n) is 8.35. The fraction of sp³-hybridized carbons (Fsp3) is 0.619. The maximum Gasteiger partial charge on any atom is 0.311 e. The van der Waals surface area contributed by atoms with Crippen molar-refractivity contribution in [2.45, 2.75) is 141 Å². The topological polar surface area (TPSA) is 89.5 Å². The van der Waals surface area contributed by atoms with Crippen molar-refractivity contribution in [3.8, 4) is 0 Å². The molecule has 7 atom stereocenters. The Bertz CT molecular complexity index is 1490. The molecular weight excluding hydrogens is 661 g/mol. The monoisotopic (exact) mass is 718 g/mol. The van der Waals surface area contributed by atoms with Crippen molar-refractivity contribution in [2.24, 2.45) is 11.3 Å². The van der Waals surface area contributed by atoms with E-state index in [2.05, 4.69) is 94.4 Å². The van der Waals surface area contributed by atoms with Crippen LogP contribution in [-0.4, -0.2) is 69.3 Å². The van der Waals surface area contributed by atoms with Gasteiger partial charge in [-0.05, 0) is 61.9 Å². The Morgan fingerprint density at radius 1 is 0.922 bits per heavy atom. The number of benzene rings is 2. The first-order valence-corrected chi connectivity index (χ1v) is 20.9. The number of rotatable bonds is 10. The molecule has 0 aliphatic carbocycles. The third-order valence-corrected chi connectivity index (χ3v) is 16.1. The zero-order valence-corrected chi connectivity index (χ0v) is 32.7. The Labute approximate surface area is 305 Å². The van der Waals surface area contributed by atoms with Gasteiger partial charge in [0.1, 0.15) is 0 Å². The molecule has 4 heterocycles. The molecule has 2 spiro atoms. The minimum absolute atomic E-state index is 0.00436. The summed E-state index contributed by atoms with van der Waals surface area (Å²) in [6.45, 7) is 15.4. The normalized spacial score (nSPS) is 31.4. The number of unbranched alkanes of at least 4 members (excludes halogenated alkanes) is 1. The summed E-state index contributed by atoms with van der Waals surface area (Å²) in [5.41, 5.74) is -0.502. The minimum atomic E-state index is -2.71. The van der Waals surface area contributed by atoms with E-state index in [1.54, 1.807) is 0 Å². The van der Waals surface area contributed by atoms with E-state index in [9.17, 15) is 9.59 Å². The third kappa shape index (κ3) is 7.85. The standard InChI is InChI=1S/C42H58O8Si/c1-30-27-35-36(28-32(47-35)29-46-51(40(5,6)7,33-18-12-8-13-19-33)34-20-14-9-15-21-34)49-41(30)24-25-42(50-41)37(43)23-22-31(48-42)17-11-10-16-26-45-38(44)39(2,3)4/h8-9,11-15,17-21,30-32,35-36H,10,16,22-29H2,1-7H3/b17-11+/t30-,31-,32+,35-,36-,41-,42-/m1/s1. The van der Waals surface area contributed by atoms with E-state index in [0.29, 0.717) is 45.3 Å². The van der Waals surface area contributed by atoms with Crippen LogP contribution in [-0.2, 0) is 37.7 Å². The molecule has 4 aliphatic rings. The first-order chi connectivity index (χ1) is 24.2. The van der Waals surface area contributed by atoms with Crippen LogP contribution in [0.2, 0.25) is 5.04 Å². The Balaban J connectivity index is 1.08. The highest BCUT2D eigenvalue weighted by molar-refractivity contribution is 6.99. The van der Waals surface area contributed by atoms with Gasteiger partial charge < -0.3 is 28.1 Å². The molecule has 0 radical (unpaired) electrons. The van der Waals surface area contributed by atoms with E-state index in [1.807, 2.05) is 26.8 Å². The molecule has 2 aromatic rings. The van der Waals surface area contributed by atoms with Crippen LogP contribution in [0.5, 0.6) is 0 Å². The number of allylic oxidation sites excluding steroid dienone is 1. The van der Waals surface area contributed by atoms with Crippen LogP contribution >= 0.6 is 0 Å². The summed E-state index contributed by atoms with van der Waals surface area (Å²) in [5.74, 6) is -2.35. The average molecular weight is 719 g/mol. The number of ether oxygens (including phenoxy) is 5. The predicted molar refractivity (Wildman–Crippen MR) is 199 cm³/mol. The predicted octanol–water partition coefficient (Wildman–Crippen LogP) is 7.02. The highest BCUT2D eigenvalue weighted by atomic mass is 28.4. The molecule has 278 valence electrons. The molecule has 6 rings (SSSR count). The second-order valence-electron chi connectivity index (χ2n) is 17.0. The van der Waals surface area contributed by atoms with Crippen molar-refractivity contribution < 1.29 is 37.7 Å². The van der Waals surface area contributed by atoms with Crippen LogP contribution in [0, 0.1) is 11.3 Å². The van der Waals surface area contributed by atoms with Crippen LogP contribution < -0.4 is 10.4 Å². The van der Waals surface area contributed by atoms with Crippen LogP contribution in [0.1, 0.15) is 99.8 Å². The summed E-state index contributed by atoms with van der Waals surface area (Å²) in [6, 6.07) is 21.4. The molecule has 2 aromatic carbocycles. The van der Waals surface area contributed by atoms with Crippen molar-refractivity contribution in [2.75, 3.05) is 13.2 Å². The molecule has 0 N–H and O–H groups in total. The Kier molecular flexibility index (Phi) is 11.2. The van der Waals surface area contributed by atoms with Gasteiger partial charge in [0.2, 0.25) is 5.79 Å². The van der Waals surface area contributed by atoms with E-state index < -0.39 is 25.3 Å². The molecule has 0 bridgehead atoms. The Hall–Kier alpha value is -2.66. The van der Waals surface area contributed by atoms with E-state index in [1.165, 1.54) is 10.4 Å². The van der Waals surface area contributed by atoms with Crippen molar-refractivity contribution >= 4 is 30.4 Å². The van der Waals surface area contributed by atoms with E-state index >= 15 is 0 Å². The molecular formula is C42H58O8Si. The van der Waals surface area contributed by atoms with Gasteiger partial charge in [-0.3, -0.25) is 9.59 Å². The molecule has 0 unspecified atom stereocenters. The summed E-state index contributed by atoms with van der Waals surface area (Å²) < 4.78 is 39.3. The lowest BCUT2D eigenvalue weighted by Crippen LogP contribution is -2.67. The van der Waals surface area contributed by atoms with Crippen LogP contribution in [0.25, 0.3) is 0 Å². The summed E-state index contributed by atoms with van der Waals surface area (Å²) >= 11 is 0. The van der Waals surface area contributed by atoms with Gasteiger partial charge in [0.05, 0.1) is 43.0 Å². The minimum Gasteiger partial charge on any atom is -0.465 e. The number of carbonyl (C=O) groups is 2. The van der Waals surface area contributed by atoms with Crippen LogP contribution in [0.15, 0.2) is 72.8 Å².